The van der Waals surface area contributed by atoms with E-state index in [1.54, 1.807) is 20.8 Å². The Hall–Kier alpha value is -2.18. The molecule has 1 aromatic heterocycles. The van der Waals surface area contributed by atoms with Crippen LogP contribution in [0, 0.1) is 23.0 Å². The van der Waals surface area contributed by atoms with Crippen LogP contribution in [0.15, 0.2) is 12.3 Å². The van der Waals surface area contributed by atoms with E-state index in [-0.39, 0.29) is 11.7 Å². The Morgan fingerprint density at radius 1 is 1.56 bits per heavy atom. The molecule has 2 N–H and O–H groups in total. The lowest BCUT2D eigenvalue weighted by molar-refractivity contribution is -0.385. The zero-order chi connectivity index (χ0) is 13.9. The van der Waals surface area contributed by atoms with Gasteiger partial charge in [0.15, 0.2) is 0 Å². The normalized spacial score (nSPS) is 13.7. The van der Waals surface area contributed by atoms with Gasteiger partial charge in [0.1, 0.15) is 12.0 Å². The van der Waals surface area contributed by atoms with E-state index in [2.05, 4.69) is 10.3 Å². The number of nitrogens with one attached hydrogen (secondary N) is 1. The Bertz CT molecular complexity index is 475. The SMILES string of the molecule is Cc1cc([N+](=O)[O-])cnc1NC(C)C(C)C(=O)O. The second-order valence-corrected chi connectivity index (χ2v) is 4.18. The van der Waals surface area contributed by atoms with Crippen molar-refractivity contribution >= 4 is 17.5 Å². The highest BCUT2D eigenvalue weighted by atomic mass is 16.6. The molecule has 0 aromatic carbocycles. The molecule has 1 rings (SSSR count). The summed E-state index contributed by atoms with van der Waals surface area (Å²) >= 11 is 0. The molecule has 7 heteroatoms. The average Bonchev–Trinajstić information content (AvgIpc) is 2.30. The van der Waals surface area contributed by atoms with Crippen molar-refractivity contribution in [2.75, 3.05) is 5.32 Å². The van der Waals surface area contributed by atoms with E-state index in [4.69, 9.17) is 5.11 Å². The number of carbonyl (C=O) groups is 1. The molecule has 0 spiro atoms. The van der Waals surface area contributed by atoms with Crippen molar-refractivity contribution in [2.24, 2.45) is 5.92 Å². The first-order valence-electron chi connectivity index (χ1n) is 5.43. The van der Waals surface area contributed by atoms with Crippen molar-refractivity contribution in [3.05, 3.63) is 27.9 Å². The molecular weight excluding hydrogens is 238 g/mol. The van der Waals surface area contributed by atoms with Crippen molar-refractivity contribution in [3.63, 3.8) is 0 Å². The molecular formula is C11H15N3O4. The summed E-state index contributed by atoms with van der Waals surface area (Å²) in [5.41, 5.74) is 0.519. The molecule has 0 aliphatic carbocycles. The van der Waals surface area contributed by atoms with Gasteiger partial charge in [-0.2, -0.15) is 0 Å². The number of rotatable bonds is 5. The summed E-state index contributed by atoms with van der Waals surface area (Å²) in [5.74, 6) is -1.03. The molecule has 2 unspecified atom stereocenters. The van der Waals surface area contributed by atoms with Gasteiger partial charge in [0.05, 0.1) is 10.8 Å². The molecule has 0 aliphatic rings. The lowest BCUT2D eigenvalue weighted by Crippen LogP contribution is -2.30. The van der Waals surface area contributed by atoms with Crippen molar-refractivity contribution in [2.45, 2.75) is 26.8 Å². The molecule has 0 bridgehead atoms. The van der Waals surface area contributed by atoms with Gasteiger partial charge < -0.3 is 10.4 Å². The number of carboxylic acid groups (broad SMARTS) is 1. The standard InChI is InChI=1S/C11H15N3O4/c1-6-4-9(14(17)18)5-12-10(6)13-8(3)7(2)11(15)16/h4-5,7-8H,1-3H3,(H,12,13)(H,15,16). The van der Waals surface area contributed by atoms with Crippen LogP contribution in [0.2, 0.25) is 0 Å². The van der Waals surface area contributed by atoms with Gasteiger partial charge in [-0.25, -0.2) is 4.98 Å². The average molecular weight is 253 g/mol. The van der Waals surface area contributed by atoms with E-state index in [9.17, 15) is 14.9 Å². The van der Waals surface area contributed by atoms with Gasteiger partial charge in [-0.1, -0.05) is 0 Å². The predicted octanol–water partition coefficient (Wildman–Crippen LogP) is 1.82. The number of aromatic nitrogens is 1. The summed E-state index contributed by atoms with van der Waals surface area (Å²) in [5, 5.41) is 22.4. The Balaban J connectivity index is 2.86. The summed E-state index contributed by atoms with van der Waals surface area (Å²) in [4.78, 5) is 24.8. The number of nitrogens with zero attached hydrogens (tertiary/aromatic N) is 2. The van der Waals surface area contributed by atoms with Gasteiger partial charge >= 0.3 is 5.97 Å². The maximum atomic E-state index is 10.8. The maximum Gasteiger partial charge on any atom is 0.308 e. The lowest BCUT2D eigenvalue weighted by Gasteiger charge is -2.19. The molecule has 0 aliphatic heterocycles. The minimum absolute atomic E-state index is 0.0861. The smallest absolute Gasteiger partial charge is 0.308 e. The fraction of sp³-hybridized carbons (Fsp3) is 0.455. The number of anilines is 1. The van der Waals surface area contributed by atoms with Gasteiger partial charge in [0, 0.05) is 12.1 Å². The summed E-state index contributed by atoms with van der Waals surface area (Å²) in [6.07, 6.45) is 1.15. The maximum absolute atomic E-state index is 10.8. The van der Waals surface area contributed by atoms with E-state index < -0.39 is 16.8 Å². The Morgan fingerprint density at radius 2 is 2.17 bits per heavy atom. The molecule has 7 nitrogen and oxygen atoms in total. The zero-order valence-corrected chi connectivity index (χ0v) is 10.4. The first-order chi connectivity index (χ1) is 8.32. The minimum Gasteiger partial charge on any atom is -0.481 e. The van der Waals surface area contributed by atoms with E-state index in [0.29, 0.717) is 11.4 Å². The second-order valence-electron chi connectivity index (χ2n) is 4.18. The highest BCUT2D eigenvalue weighted by molar-refractivity contribution is 5.71. The Labute approximate surface area is 104 Å². The summed E-state index contributed by atoms with van der Waals surface area (Å²) in [7, 11) is 0. The highest BCUT2D eigenvalue weighted by Gasteiger charge is 2.20. The van der Waals surface area contributed by atoms with E-state index in [1.165, 1.54) is 6.07 Å². The van der Waals surface area contributed by atoms with Gasteiger partial charge in [-0.3, -0.25) is 14.9 Å². The van der Waals surface area contributed by atoms with Crippen LogP contribution in [-0.2, 0) is 4.79 Å². The first-order valence-corrected chi connectivity index (χ1v) is 5.43. The van der Waals surface area contributed by atoms with Crippen molar-refractivity contribution in [1.82, 2.24) is 4.98 Å². The third-order valence-corrected chi connectivity index (χ3v) is 2.78. The van der Waals surface area contributed by atoms with Crippen LogP contribution in [-0.4, -0.2) is 27.0 Å². The van der Waals surface area contributed by atoms with Crippen molar-refractivity contribution < 1.29 is 14.8 Å². The van der Waals surface area contributed by atoms with Gasteiger partial charge in [0.2, 0.25) is 0 Å². The number of carboxylic acids is 1. The van der Waals surface area contributed by atoms with Gasteiger partial charge in [-0.15, -0.1) is 0 Å². The summed E-state index contributed by atoms with van der Waals surface area (Å²) in [6.45, 7) is 4.99. The van der Waals surface area contributed by atoms with Crippen LogP contribution in [0.5, 0.6) is 0 Å². The van der Waals surface area contributed by atoms with Gasteiger partial charge in [-0.05, 0) is 26.3 Å². The molecule has 18 heavy (non-hydrogen) atoms. The molecule has 98 valence electrons. The number of pyridine rings is 1. The van der Waals surface area contributed by atoms with Crippen LogP contribution >= 0.6 is 0 Å². The number of aryl methyl sites for hydroxylation is 1. The fourth-order valence-corrected chi connectivity index (χ4v) is 1.37. The van der Waals surface area contributed by atoms with Crippen LogP contribution in [0.1, 0.15) is 19.4 Å². The summed E-state index contributed by atoms with van der Waals surface area (Å²) in [6, 6.07) is 1.07. The monoisotopic (exact) mass is 253 g/mol. The number of hydrogen-bond acceptors (Lipinski definition) is 5. The number of aliphatic carboxylic acids is 1. The Kier molecular flexibility index (Phi) is 4.19. The highest BCUT2D eigenvalue weighted by Crippen LogP contribution is 2.19. The minimum atomic E-state index is -0.908. The number of hydrogen-bond donors (Lipinski definition) is 2. The largest absolute Gasteiger partial charge is 0.481 e. The van der Waals surface area contributed by atoms with Gasteiger partial charge in [0.25, 0.3) is 5.69 Å². The third kappa shape index (κ3) is 3.16. The molecule has 0 radical (unpaired) electrons. The first kappa shape index (κ1) is 13.9. The predicted molar refractivity (Wildman–Crippen MR) is 65.5 cm³/mol. The molecule has 0 saturated heterocycles. The summed E-state index contributed by atoms with van der Waals surface area (Å²) < 4.78 is 0. The quantitative estimate of drug-likeness (QED) is 0.612. The molecule has 1 aromatic rings. The van der Waals surface area contributed by atoms with Crippen LogP contribution in [0.3, 0.4) is 0 Å². The molecule has 0 saturated carbocycles. The van der Waals surface area contributed by atoms with Crippen LogP contribution in [0.25, 0.3) is 0 Å². The molecule has 1 heterocycles. The van der Waals surface area contributed by atoms with Crippen LogP contribution in [0.4, 0.5) is 11.5 Å². The van der Waals surface area contributed by atoms with Crippen LogP contribution < -0.4 is 5.32 Å². The number of nitro groups is 1. The van der Waals surface area contributed by atoms with Crippen molar-refractivity contribution in [3.8, 4) is 0 Å². The second kappa shape index (κ2) is 5.44. The van der Waals surface area contributed by atoms with Crippen molar-refractivity contribution in [1.29, 1.82) is 0 Å². The lowest BCUT2D eigenvalue weighted by atomic mass is 10.0. The van der Waals surface area contributed by atoms with E-state index >= 15 is 0 Å². The van der Waals surface area contributed by atoms with E-state index in [0.717, 1.165) is 6.20 Å². The third-order valence-electron chi connectivity index (χ3n) is 2.78. The Morgan fingerprint density at radius 3 is 2.61 bits per heavy atom. The molecule has 0 fully saturated rings. The molecule has 2 atom stereocenters. The topological polar surface area (TPSA) is 105 Å². The molecule has 0 amide bonds. The zero-order valence-electron chi connectivity index (χ0n) is 10.4. The fourth-order valence-electron chi connectivity index (χ4n) is 1.37. The van der Waals surface area contributed by atoms with E-state index in [1.807, 2.05) is 0 Å².